The van der Waals surface area contributed by atoms with Gasteiger partial charge in [0.15, 0.2) is 0 Å². The Kier molecular flexibility index (Phi) is 2.75. The summed E-state index contributed by atoms with van der Waals surface area (Å²) in [6.45, 7) is 4.89. The Labute approximate surface area is 95.2 Å². The number of amidine groups is 1. The summed E-state index contributed by atoms with van der Waals surface area (Å²) >= 11 is 0. The molecule has 0 spiro atoms. The van der Waals surface area contributed by atoms with Gasteiger partial charge < -0.3 is 14.8 Å². The first-order valence-electron chi connectivity index (χ1n) is 5.55. The third-order valence-electron chi connectivity index (χ3n) is 3.30. The standard InChI is InChI=1S/C11H18N2O3/c1-10(2)9(14)12-8(13-10)11(15-3)4-6-16-7-5-11/h4-7H2,1-3H3,(H,12,13,14). The number of hydrogen-bond donors (Lipinski definition) is 1. The summed E-state index contributed by atoms with van der Waals surface area (Å²) in [4.78, 5) is 16.1. The Balaban J connectivity index is 2.26. The summed E-state index contributed by atoms with van der Waals surface area (Å²) in [5.41, 5.74) is -1.15. The number of rotatable bonds is 2. The zero-order valence-electron chi connectivity index (χ0n) is 10.0. The molecule has 0 aromatic carbocycles. The maximum atomic E-state index is 11.7. The molecule has 5 nitrogen and oxygen atoms in total. The molecule has 2 aliphatic rings. The van der Waals surface area contributed by atoms with Crippen LogP contribution in [-0.4, -0.2) is 43.2 Å². The number of aliphatic imine (C=N–C) groups is 1. The van der Waals surface area contributed by atoms with Gasteiger partial charge in [-0.3, -0.25) is 9.79 Å². The average Bonchev–Trinajstić information content (AvgIpc) is 2.55. The van der Waals surface area contributed by atoms with Crippen LogP contribution in [0.1, 0.15) is 26.7 Å². The van der Waals surface area contributed by atoms with Crippen LogP contribution in [0.15, 0.2) is 4.99 Å². The molecule has 1 N–H and O–H groups in total. The SMILES string of the molecule is COC1(C2=NC(C)(C)C(=O)N2)CCOCC1. The number of carbonyl (C=O) groups is 1. The van der Waals surface area contributed by atoms with Gasteiger partial charge in [0.2, 0.25) is 0 Å². The van der Waals surface area contributed by atoms with Gasteiger partial charge in [-0.05, 0) is 13.8 Å². The lowest BCUT2D eigenvalue weighted by Crippen LogP contribution is -2.51. The zero-order chi connectivity index (χ0) is 11.8. The van der Waals surface area contributed by atoms with E-state index >= 15 is 0 Å². The van der Waals surface area contributed by atoms with Crippen LogP contribution < -0.4 is 5.32 Å². The minimum Gasteiger partial charge on any atom is -0.381 e. The van der Waals surface area contributed by atoms with Gasteiger partial charge in [0.1, 0.15) is 17.0 Å². The van der Waals surface area contributed by atoms with Gasteiger partial charge in [-0.1, -0.05) is 0 Å². The highest BCUT2D eigenvalue weighted by Crippen LogP contribution is 2.29. The van der Waals surface area contributed by atoms with Crippen molar-refractivity contribution in [1.82, 2.24) is 5.32 Å². The normalized spacial score (nSPS) is 27.4. The number of nitrogens with zero attached hydrogens (tertiary/aromatic N) is 1. The molecule has 0 aliphatic carbocycles. The number of hydrogen-bond acceptors (Lipinski definition) is 4. The largest absolute Gasteiger partial charge is 0.381 e. The van der Waals surface area contributed by atoms with Crippen LogP contribution in [0.25, 0.3) is 0 Å². The van der Waals surface area contributed by atoms with E-state index in [-0.39, 0.29) is 5.91 Å². The van der Waals surface area contributed by atoms with Crippen LogP contribution in [0.4, 0.5) is 0 Å². The van der Waals surface area contributed by atoms with Gasteiger partial charge in [-0.25, -0.2) is 0 Å². The van der Waals surface area contributed by atoms with Crippen LogP contribution >= 0.6 is 0 Å². The molecule has 1 fully saturated rings. The number of carbonyl (C=O) groups excluding carboxylic acids is 1. The predicted molar refractivity (Wildman–Crippen MR) is 59.4 cm³/mol. The second kappa shape index (κ2) is 3.82. The Hall–Kier alpha value is -0.940. The summed E-state index contributed by atoms with van der Waals surface area (Å²) in [6, 6.07) is 0. The highest BCUT2D eigenvalue weighted by atomic mass is 16.5. The monoisotopic (exact) mass is 226 g/mol. The third-order valence-corrected chi connectivity index (χ3v) is 3.30. The van der Waals surface area contributed by atoms with Crippen molar-refractivity contribution in [2.45, 2.75) is 37.8 Å². The first-order valence-corrected chi connectivity index (χ1v) is 5.55. The second-order valence-electron chi connectivity index (χ2n) is 4.78. The lowest BCUT2D eigenvalue weighted by Gasteiger charge is -2.35. The average molecular weight is 226 g/mol. The molecule has 0 saturated carbocycles. The Morgan fingerprint density at radius 2 is 2.00 bits per heavy atom. The highest BCUT2D eigenvalue weighted by Gasteiger charge is 2.45. The molecule has 1 amide bonds. The molecule has 0 atom stereocenters. The molecule has 0 bridgehead atoms. The minimum absolute atomic E-state index is 0.0644. The number of amides is 1. The van der Waals surface area contributed by atoms with Crippen molar-refractivity contribution in [3.8, 4) is 0 Å². The summed E-state index contributed by atoms with van der Waals surface area (Å²) < 4.78 is 10.9. The van der Waals surface area contributed by atoms with E-state index in [4.69, 9.17) is 9.47 Å². The van der Waals surface area contributed by atoms with Gasteiger partial charge in [0.05, 0.1) is 0 Å². The molecule has 90 valence electrons. The van der Waals surface area contributed by atoms with E-state index in [9.17, 15) is 4.79 Å². The molecule has 2 aliphatic heterocycles. The zero-order valence-corrected chi connectivity index (χ0v) is 10.0. The first kappa shape index (κ1) is 11.5. The van der Waals surface area contributed by atoms with Crippen molar-refractivity contribution in [3.63, 3.8) is 0 Å². The van der Waals surface area contributed by atoms with Gasteiger partial charge in [0.25, 0.3) is 5.91 Å². The number of ether oxygens (including phenoxy) is 2. The van der Waals surface area contributed by atoms with Crippen molar-refractivity contribution in [2.24, 2.45) is 4.99 Å². The number of methoxy groups -OCH3 is 1. The predicted octanol–water partition coefficient (Wildman–Crippen LogP) is 0.489. The van der Waals surface area contributed by atoms with Crippen molar-refractivity contribution >= 4 is 11.7 Å². The van der Waals surface area contributed by atoms with E-state index in [0.29, 0.717) is 19.0 Å². The van der Waals surface area contributed by atoms with Crippen LogP contribution in [-0.2, 0) is 14.3 Å². The quantitative estimate of drug-likeness (QED) is 0.745. The van der Waals surface area contributed by atoms with Crippen LogP contribution in [0.5, 0.6) is 0 Å². The van der Waals surface area contributed by atoms with Crippen LogP contribution in [0.2, 0.25) is 0 Å². The van der Waals surface area contributed by atoms with Crippen molar-refractivity contribution in [2.75, 3.05) is 20.3 Å². The van der Waals surface area contributed by atoms with Crippen molar-refractivity contribution in [3.05, 3.63) is 0 Å². The fraction of sp³-hybridized carbons (Fsp3) is 0.818. The fourth-order valence-electron chi connectivity index (χ4n) is 2.07. The van der Waals surface area contributed by atoms with Gasteiger partial charge in [-0.2, -0.15) is 0 Å². The maximum absolute atomic E-state index is 11.7. The molecule has 1 saturated heterocycles. The van der Waals surface area contributed by atoms with E-state index in [1.54, 1.807) is 21.0 Å². The lowest BCUT2D eigenvalue weighted by molar-refractivity contribution is -0.122. The van der Waals surface area contributed by atoms with Crippen LogP contribution in [0, 0.1) is 0 Å². The van der Waals surface area contributed by atoms with Crippen LogP contribution in [0.3, 0.4) is 0 Å². The first-order chi connectivity index (χ1) is 7.50. The van der Waals surface area contributed by atoms with Gasteiger partial charge in [-0.15, -0.1) is 0 Å². The maximum Gasteiger partial charge on any atom is 0.252 e. The third kappa shape index (κ3) is 1.74. The van der Waals surface area contributed by atoms with E-state index < -0.39 is 11.1 Å². The molecule has 16 heavy (non-hydrogen) atoms. The second-order valence-corrected chi connectivity index (χ2v) is 4.78. The molecular formula is C11H18N2O3. The molecule has 5 heteroatoms. The topological polar surface area (TPSA) is 59.9 Å². The smallest absolute Gasteiger partial charge is 0.252 e. The Morgan fingerprint density at radius 1 is 1.38 bits per heavy atom. The fourth-order valence-corrected chi connectivity index (χ4v) is 2.07. The molecule has 0 unspecified atom stereocenters. The van der Waals surface area contributed by atoms with Gasteiger partial charge >= 0.3 is 0 Å². The summed E-state index contributed by atoms with van der Waals surface area (Å²) in [5.74, 6) is 0.596. The van der Waals surface area contributed by atoms with Crippen molar-refractivity contribution in [1.29, 1.82) is 0 Å². The molecule has 0 radical (unpaired) electrons. The lowest BCUT2D eigenvalue weighted by atomic mass is 9.92. The molecule has 0 aromatic rings. The van der Waals surface area contributed by atoms with E-state index in [1.165, 1.54) is 0 Å². The molecule has 2 heterocycles. The highest BCUT2D eigenvalue weighted by molar-refractivity contribution is 6.11. The summed E-state index contributed by atoms with van der Waals surface area (Å²) in [6.07, 6.45) is 1.47. The molecular weight excluding hydrogens is 208 g/mol. The summed E-state index contributed by atoms with van der Waals surface area (Å²) in [5, 5.41) is 2.84. The Bertz CT molecular complexity index is 330. The molecule has 2 rings (SSSR count). The van der Waals surface area contributed by atoms with E-state index in [0.717, 1.165) is 12.8 Å². The van der Waals surface area contributed by atoms with E-state index in [1.807, 2.05) is 0 Å². The van der Waals surface area contributed by atoms with Gasteiger partial charge in [0, 0.05) is 33.2 Å². The summed E-state index contributed by atoms with van der Waals surface area (Å²) in [7, 11) is 1.66. The molecule has 0 aromatic heterocycles. The Morgan fingerprint density at radius 3 is 2.44 bits per heavy atom. The number of nitrogens with one attached hydrogen (secondary N) is 1. The van der Waals surface area contributed by atoms with Crippen molar-refractivity contribution < 1.29 is 14.3 Å². The minimum atomic E-state index is -0.681. The van der Waals surface area contributed by atoms with E-state index in [2.05, 4.69) is 10.3 Å².